The Morgan fingerprint density at radius 1 is 1.10 bits per heavy atom. The molecule has 2 aliphatic rings. The molecule has 1 saturated carbocycles. The van der Waals surface area contributed by atoms with Gasteiger partial charge in [-0.05, 0) is 63.5 Å². The zero-order chi connectivity index (χ0) is 30.0. The number of anilines is 1. The molecule has 1 aromatic heterocycles. The van der Waals surface area contributed by atoms with Crippen molar-refractivity contribution in [3.8, 4) is 11.3 Å². The van der Waals surface area contributed by atoms with Crippen molar-refractivity contribution in [1.82, 2.24) is 15.7 Å². The van der Waals surface area contributed by atoms with Crippen LogP contribution < -0.4 is 15.8 Å². The topological polar surface area (TPSA) is 121 Å². The molecule has 0 atom stereocenters. The van der Waals surface area contributed by atoms with Gasteiger partial charge in [-0.25, -0.2) is 25.0 Å². The van der Waals surface area contributed by atoms with Gasteiger partial charge >= 0.3 is 12.0 Å². The third-order valence-corrected chi connectivity index (χ3v) is 9.78. The van der Waals surface area contributed by atoms with Crippen molar-refractivity contribution in [2.24, 2.45) is 11.8 Å². The summed E-state index contributed by atoms with van der Waals surface area (Å²) in [6, 6.07) is 12.0. The van der Waals surface area contributed by atoms with Crippen molar-refractivity contribution in [3.63, 3.8) is 0 Å². The Bertz CT molecular complexity index is 1470. The number of hydrogen-bond donors (Lipinski definition) is 3. The summed E-state index contributed by atoms with van der Waals surface area (Å²) in [5, 5.41) is 14.1. The van der Waals surface area contributed by atoms with E-state index >= 15 is 0 Å². The minimum Gasteiger partial charge on any atom is -0.461 e. The number of nitrogens with one attached hydrogen (secondary N) is 2. The molecule has 0 radical (unpaired) electrons. The van der Waals surface area contributed by atoms with E-state index in [0.717, 1.165) is 31.2 Å². The van der Waals surface area contributed by atoms with Gasteiger partial charge in [-0.1, -0.05) is 53.5 Å². The lowest BCUT2D eigenvalue weighted by Gasteiger charge is -2.30. The second-order valence-electron chi connectivity index (χ2n) is 11.2. The van der Waals surface area contributed by atoms with E-state index in [1.807, 2.05) is 44.2 Å². The zero-order valence-electron chi connectivity index (χ0n) is 23.3. The van der Waals surface area contributed by atoms with Crippen LogP contribution >= 0.6 is 34.5 Å². The van der Waals surface area contributed by atoms with E-state index in [4.69, 9.17) is 32.9 Å². The lowest BCUT2D eigenvalue weighted by Crippen LogP contribution is -2.59. The number of nitrogens with zero attached hydrogens (tertiary/aromatic N) is 2. The number of imide groups is 1. The van der Waals surface area contributed by atoms with E-state index in [1.54, 1.807) is 12.1 Å². The zero-order valence-corrected chi connectivity index (χ0v) is 25.6. The van der Waals surface area contributed by atoms with Crippen LogP contribution in [0.15, 0.2) is 42.5 Å². The first-order chi connectivity index (χ1) is 20.1. The maximum atomic E-state index is 13.5. The molecule has 12 heteroatoms. The fourth-order valence-corrected chi connectivity index (χ4v) is 7.44. The maximum Gasteiger partial charge on any atom is 0.350 e. The van der Waals surface area contributed by atoms with Gasteiger partial charge in [0.2, 0.25) is 5.91 Å². The highest BCUT2D eigenvalue weighted by Gasteiger charge is 2.36. The van der Waals surface area contributed by atoms with Crippen LogP contribution in [0.2, 0.25) is 10.0 Å². The van der Waals surface area contributed by atoms with Crippen molar-refractivity contribution in [1.29, 1.82) is 0 Å². The Morgan fingerprint density at radius 2 is 1.74 bits per heavy atom. The van der Waals surface area contributed by atoms with Crippen molar-refractivity contribution >= 4 is 58.1 Å². The highest BCUT2D eigenvalue weighted by Crippen LogP contribution is 2.45. The first-order valence-electron chi connectivity index (χ1n) is 13.8. The van der Waals surface area contributed by atoms with Gasteiger partial charge in [-0.2, -0.15) is 0 Å². The van der Waals surface area contributed by atoms with Gasteiger partial charge in [0.15, 0.2) is 0 Å². The number of urea groups is 1. The molecule has 2 fully saturated rings. The molecule has 222 valence electrons. The summed E-state index contributed by atoms with van der Waals surface area (Å²) in [6.07, 6.45) is 3.71. The third kappa shape index (κ3) is 6.33. The van der Waals surface area contributed by atoms with Crippen molar-refractivity contribution in [2.45, 2.75) is 44.9 Å². The van der Waals surface area contributed by atoms with Crippen LogP contribution in [0.5, 0.6) is 0 Å². The summed E-state index contributed by atoms with van der Waals surface area (Å²) >= 11 is 14.8. The average Bonchev–Trinajstić information content (AvgIpc) is 3.43. The number of esters is 1. The Labute approximate surface area is 258 Å². The van der Waals surface area contributed by atoms with Crippen LogP contribution in [0.4, 0.5) is 10.5 Å². The van der Waals surface area contributed by atoms with Crippen LogP contribution in [0.1, 0.15) is 59.8 Å². The number of amides is 3. The number of rotatable bonds is 8. The van der Waals surface area contributed by atoms with E-state index in [0.29, 0.717) is 49.4 Å². The summed E-state index contributed by atoms with van der Waals surface area (Å²) in [7, 11) is 0. The Balaban J connectivity index is 1.44. The summed E-state index contributed by atoms with van der Waals surface area (Å²) in [4.78, 5) is 42.7. The smallest absolute Gasteiger partial charge is 0.350 e. The number of aliphatic hydroxyl groups is 1. The molecule has 5 rings (SSSR count). The predicted octanol–water partition coefficient (Wildman–Crippen LogP) is 5.96. The lowest BCUT2D eigenvalue weighted by molar-refractivity contribution is -0.119. The monoisotopic (exact) mass is 630 g/mol. The Morgan fingerprint density at radius 3 is 2.36 bits per heavy atom. The van der Waals surface area contributed by atoms with Gasteiger partial charge in [0.25, 0.3) is 0 Å². The number of halogens is 2. The molecule has 2 heterocycles. The molecule has 42 heavy (non-hydrogen) atoms. The first-order valence-corrected chi connectivity index (χ1v) is 15.4. The molecule has 0 unspecified atom stereocenters. The number of carbonyl (C=O) groups is 3. The number of hydrazine groups is 1. The minimum atomic E-state index is -0.824. The number of ether oxygens (including phenoxy) is 1. The summed E-state index contributed by atoms with van der Waals surface area (Å²) < 4.78 is 5.82. The first kappa shape index (κ1) is 30.4. The van der Waals surface area contributed by atoms with Crippen LogP contribution in [-0.2, 0) is 14.9 Å². The van der Waals surface area contributed by atoms with Crippen LogP contribution in [0.25, 0.3) is 11.3 Å². The number of thiazole rings is 1. The highest BCUT2D eigenvalue weighted by atomic mass is 35.5. The predicted molar refractivity (Wildman–Crippen MR) is 163 cm³/mol. The fourth-order valence-electron chi connectivity index (χ4n) is 5.40. The molecule has 0 bridgehead atoms. The number of aliphatic hydroxyl groups excluding tert-OH is 1. The number of hydrogen-bond acceptors (Lipinski definition) is 8. The SMILES string of the molecule is CC(C)(c1nc(-c2ccccc2)c(C(=O)OCC2CCC(CO)CC2)s1)c1c(Cl)cc(N2NCC(=O)NC2=O)cc1Cl. The molecule has 0 spiro atoms. The largest absolute Gasteiger partial charge is 0.461 e. The normalized spacial score (nSPS) is 19.5. The van der Waals surface area contributed by atoms with Gasteiger partial charge in [-0.15, -0.1) is 11.3 Å². The molecule has 2 aromatic carbocycles. The molecular formula is C30H32Cl2N4O5S. The Kier molecular flexibility index (Phi) is 9.20. The number of aromatic nitrogens is 1. The Hall–Kier alpha value is -3.02. The average molecular weight is 632 g/mol. The molecule has 3 N–H and O–H groups in total. The summed E-state index contributed by atoms with van der Waals surface area (Å²) in [5.41, 5.74) is 4.19. The van der Waals surface area contributed by atoms with Gasteiger partial charge in [0.1, 0.15) is 9.88 Å². The van der Waals surface area contributed by atoms with Gasteiger partial charge in [-0.3, -0.25) is 10.1 Å². The van der Waals surface area contributed by atoms with Crippen LogP contribution in [-0.4, -0.2) is 47.8 Å². The van der Waals surface area contributed by atoms with Gasteiger partial charge in [0.05, 0.1) is 24.5 Å². The standard InChI is InChI=1S/C30H32Cl2N4O5S/c1-30(2,24-21(31)12-20(13-22(24)32)36-29(40)34-23(38)14-33-36)28-35-25(19-6-4-3-5-7-19)26(42-28)27(39)41-16-18-10-8-17(15-37)9-11-18/h3-7,12-13,17-18,33,37H,8-11,14-16H2,1-2H3,(H,34,38,40). The molecule has 1 aliphatic carbocycles. The van der Waals surface area contributed by atoms with E-state index < -0.39 is 23.3 Å². The van der Waals surface area contributed by atoms with Crippen LogP contribution in [0.3, 0.4) is 0 Å². The van der Waals surface area contributed by atoms with E-state index in [9.17, 15) is 19.5 Å². The second kappa shape index (κ2) is 12.7. The lowest BCUT2D eigenvalue weighted by atomic mass is 9.83. The summed E-state index contributed by atoms with van der Waals surface area (Å²) in [6.45, 7) is 4.30. The molecule has 3 amide bonds. The third-order valence-electron chi connectivity index (χ3n) is 7.83. The molecule has 3 aromatic rings. The molecule has 1 saturated heterocycles. The van der Waals surface area contributed by atoms with Gasteiger partial charge < -0.3 is 9.84 Å². The van der Waals surface area contributed by atoms with E-state index in [2.05, 4.69) is 10.7 Å². The minimum absolute atomic E-state index is 0.0710. The highest BCUT2D eigenvalue weighted by molar-refractivity contribution is 7.14. The number of benzene rings is 2. The van der Waals surface area contributed by atoms with Crippen molar-refractivity contribution < 1.29 is 24.2 Å². The fraction of sp³-hybridized carbons (Fsp3) is 0.400. The van der Waals surface area contributed by atoms with E-state index in [-0.39, 0.29) is 19.1 Å². The van der Waals surface area contributed by atoms with Gasteiger partial charge in [0, 0.05) is 33.2 Å². The molecule has 9 nitrogen and oxygen atoms in total. The van der Waals surface area contributed by atoms with E-state index in [1.165, 1.54) is 16.3 Å². The maximum absolute atomic E-state index is 13.5. The quantitative estimate of drug-likeness (QED) is 0.263. The molecular weight excluding hydrogens is 599 g/mol. The van der Waals surface area contributed by atoms with Crippen molar-refractivity contribution in [2.75, 3.05) is 24.8 Å². The summed E-state index contributed by atoms with van der Waals surface area (Å²) in [5.74, 6) is -0.265. The van der Waals surface area contributed by atoms with Crippen molar-refractivity contribution in [3.05, 3.63) is 68.0 Å². The van der Waals surface area contributed by atoms with Crippen LogP contribution in [0, 0.1) is 11.8 Å². The second-order valence-corrected chi connectivity index (χ2v) is 13.0. The number of carbonyl (C=O) groups excluding carboxylic acids is 3. The molecule has 1 aliphatic heterocycles.